The van der Waals surface area contributed by atoms with Crippen LogP contribution in [-0.4, -0.2) is 35.3 Å². The molecule has 184 valence electrons. The second kappa shape index (κ2) is 10.2. The van der Waals surface area contributed by atoms with Crippen molar-refractivity contribution in [3.63, 3.8) is 0 Å². The number of rotatable bonds is 8. The van der Waals surface area contributed by atoms with Gasteiger partial charge in [0.1, 0.15) is 0 Å². The maximum Gasteiger partial charge on any atom is 0.338 e. The van der Waals surface area contributed by atoms with Crippen molar-refractivity contribution in [2.75, 3.05) is 25.1 Å². The Morgan fingerprint density at radius 1 is 0.889 bits per heavy atom. The molecule has 1 aromatic heterocycles. The number of carbonyl (C=O) groups excluding carboxylic acids is 1. The molecule has 0 saturated carbocycles. The Kier molecular flexibility index (Phi) is 6.62. The van der Waals surface area contributed by atoms with E-state index in [0.717, 1.165) is 22.2 Å². The van der Waals surface area contributed by atoms with Crippen molar-refractivity contribution in [1.29, 1.82) is 0 Å². The first kappa shape index (κ1) is 23.5. The van der Waals surface area contributed by atoms with Crippen LogP contribution in [0.4, 0.5) is 5.95 Å². The highest BCUT2D eigenvalue weighted by atomic mass is 16.5. The van der Waals surface area contributed by atoms with Crippen molar-refractivity contribution >= 4 is 28.6 Å². The number of hydrogen-bond donors (Lipinski definition) is 1. The summed E-state index contributed by atoms with van der Waals surface area (Å²) in [5.41, 5.74) is 4.66. The number of imidazole rings is 1. The smallest absolute Gasteiger partial charge is 0.338 e. The van der Waals surface area contributed by atoms with E-state index in [9.17, 15) is 4.79 Å². The van der Waals surface area contributed by atoms with E-state index >= 15 is 0 Å². The van der Waals surface area contributed by atoms with Gasteiger partial charge < -0.3 is 19.5 Å². The SMILES string of the molecule is CCOC(=O)C1=C(c2ccccc2)Nc2nc3ccccc3n2[C@H]1c1ccc(OCC)c(OCC)c1. The molecule has 0 aliphatic carbocycles. The van der Waals surface area contributed by atoms with Crippen LogP contribution < -0.4 is 14.8 Å². The topological polar surface area (TPSA) is 74.6 Å². The van der Waals surface area contributed by atoms with Crippen LogP contribution in [0.2, 0.25) is 0 Å². The molecule has 2 heterocycles. The second-order valence-electron chi connectivity index (χ2n) is 8.27. The number of nitrogens with one attached hydrogen (secondary N) is 1. The Morgan fingerprint density at radius 2 is 1.61 bits per heavy atom. The van der Waals surface area contributed by atoms with E-state index in [1.54, 1.807) is 0 Å². The van der Waals surface area contributed by atoms with E-state index < -0.39 is 6.04 Å². The number of hydrogen-bond acceptors (Lipinski definition) is 6. The van der Waals surface area contributed by atoms with Gasteiger partial charge in [-0.05, 0) is 56.2 Å². The third-order valence-corrected chi connectivity index (χ3v) is 6.07. The van der Waals surface area contributed by atoms with Crippen molar-refractivity contribution in [1.82, 2.24) is 9.55 Å². The van der Waals surface area contributed by atoms with Crippen LogP contribution in [0.25, 0.3) is 16.7 Å². The van der Waals surface area contributed by atoms with Gasteiger partial charge in [-0.3, -0.25) is 4.57 Å². The van der Waals surface area contributed by atoms with Crippen molar-refractivity contribution in [2.45, 2.75) is 26.8 Å². The molecule has 7 nitrogen and oxygen atoms in total. The molecule has 1 atom stereocenters. The number of aromatic nitrogens is 2. The zero-order chi connectivity index (χ0) is 25.1. The van der Waals surface area contributed by atoms with Crippen molar-refractivity contribution in [3.05, 3.63) is 89.5 Å². The Bertz CT molecular complexity index is 1430. The number of para-hydroxylation sites is 2. The number of fused-ring (bicyclic) bond motifs is 3. The number of carbonyl (C=O) groups is 1. The summed E-state index contributed by atoms with van der Waals surface area (Å²) in [6.45, 7) is 6.97. The Labute approximate surface area is 210 Å². The van der Waals surface area contributed by atoms with Gasteiger partial charge in [0.25, 0.3) is 0 Å². The highest BCUT2D eigenvalue weighted by Gasteiger charge is 2.37. The summed E-state index contributed by atoms with van der Waals surface area (Å²) in [5.74, 6) is 1.56. The van der Waals surface area contributed by atoms with Gasteiger partial charge in [0.05, 0.1) is 48.2 Å². The first-order valence-electron chi connectivity index (χ1n) is 12.3. The Hall–Kier alpha value is -4.26. The van der Waals surface area contributed by atoms with E-state index in [1.165, 1.54) is 0 Å². The molecule has 0 bridgehead atoms. The van der Waals surface area contributed by atoms with Crippen LogP contribution in [0, 0.1) is 0 Å². The normalized spacial score (nSPS) is 14.8. The largest absolute Gasteiger partial charge is 0.490 e. The van der Waals surface area contributed by atoms with Crippen LogP contribution in [-0.2, 0) is 9.53 Å². The van der Waals surface area contributed by atoms with Crippen LogP contribution in [0.15, 0.2) is 78.4 Å². The predicted octanol–water partition coefficient (Wildman–Crippen LogP) is 5.82. The minimum Gasteiger partial charge on any atom is -0.490 e. The van der Waals surface area contributed by atoms with Crippen LogP contribution in [0.3, 0.4) is 0 Å². The third-order valence-electron chi connectivity index (χ3n) is 6.07. The molecule has 1 aliphatic heterocycles. The summed E-state index contributed by atoms with van der Waals surface area (Å²) in [6, 6.07) is 23.0. The van der Waals surface area contributed by atoms with Crippen molar-refractivity contribution < 1.29 is 19.0 Å². The fourth-order valence-electron chi connectivity index (χ4n) is 4.65. The lowest BCUT2D eigenvalue weighted by Gasteiger charge is -2.31. The van der Waals surface area contributed by atoms with Gasteiger partial charge in [-0.2, -0.15) is 0 Å². The average Bonchev–Trinajstić information content (AvgIpc) is 3.28. The highest BCUT2D eigenvalue weighted by molar-refractivity contribution is 6.03. The molecule has 0 unspecified atom stereocenters. The molecule has 5 rings (SSSR count). The fourth-order valence-corrected chi connectivity index (χ4v) is 4.65. The summed E-state index contributed by atoms with van der Waals surface area (Å²) in [4.78, 5) is 18.5. The van der Waals surface area contributed by atoms with Gasteiger partial charge in [0.2, 0.25) is 5.95 Å². The maximum atomic E-state index is 13.6. The molecule has 0 spiro atoms. The average molecular weight is 484 g/mol. The molecule has 0 amide bonds. The molecular weight excluding hydrogens is 454 g/mol. The maximum absolute atomic E-state index is 13.6. The zero-order valence-electron chi connectivity index (χ0n) is 20.7. The van der Waals surface area contributed by atoms with Crippen LogP contribution in [0.5, 0.6) is 11.5 Å². The van der Waals surface area contributed by atoms with Crippen molar-refractivity contribution in [2.24, 2.45) is 0 Å². The van der Waals surface area contributed by atoms with E-state index in [0.29, 0.717) is 41.9 Å². The van der Waals surface area contributed by atoms with Gasteiger partial charge in [-0.25, -0.2) is 9.78 Å². The number of ether oxygens (including phenoxy) is 3. The summed E-state index contributed by atoms with van der Waals surface area (Å²) < 4.78 is 19.4. The molecule has 4 aromatic rings. The molecule has 1 N–H and O–H groups in total. The van der Waals surface area contributed by atoms with Gasteiger partial charge >= 0.3 is 5.97 Å². The third kappa shape index (κ3) is 4.17. The fraction of sp³-hybridized carbons (Fsp3) is 0.241. The number of esters is 1. The van der Waals surface area contributed by atoms with Gasteiger partial charge in [0, 0.05) is 0 Å². The molecule has 0 radical (unpaired) electrons. The van der Waals surface area contributed by atoms with Gasteiger partial charge in [-0.1, -0.05) is 48.5 Å². The molecule has 0 saturated heterocycles. The summed E-state index contributed by atoms with van der Waals surface area (Å²) in [5, 5.41) is 3.44. The number of anilines is 1. The minimum absolute atomic E-state index is 0.266. The summed E-state index contributed by atoms with van der Waals surface area (Å²) >= 11 is 0. The Morgan fingerprint density at radius 3 is 2.36 bits per heavy atom. The molecule has 0 fully saturated rings. The molecule has 3 aromatic carbocycles. The molecule has 7 heteroatoms. The zero-order valence-corrected chi connectivity index (χ0v) is 20.7. The molecular formula is C29H29N3O4. The molecule has 36 heavy (non-hydrogen) atoms. The number of benzene rings is 3. The molecule has 1 aliphatic rings. The first-order valence-corrected chi connectivity index (χ1v) is 12.3. The minimum atomic E-state index is -0.502. The standard InChI is InChI=1S/C29H29N3O4/c1-4-34-23-17-16-20(18-24(23)35-5-2)27-25(28(33)36-6-3)26(19-12-8-7-9-13-19)31-29-30-21-14-10-11-15-22(21)32(27)29/h7-18,27H,4-6H2,1-3H3,(H,30,31)/t27-/m0/s1. The first-order chi connectivity index (χ1) is 17.7. The Balaban J connectivity index is 1.80. The highest BCUT2D eigenvalue weighted by Crippen LogP contribution is 2.44. The van der Waals surface area contributed by atoms with Crippen LogP contribution in [0.1, 0.15) is 37.9 Å². The van der Waals surface area contributed by atoms with E-state index in [-0.39, 0.29) is 12.6 Å². The predicted molar refractivity (Wildman–Crippen MR) is 140 cm³/mol. The quantitative estimate of drug-likeness (QED) is 0.318. The number of nitrogens with zero attached hydrogens (tertiary/aromatic N) is 2. The van der Waals surface area contributed by atoms with Crippen LogP contribution >= 0.6 is 0 Å². The lowest BCUT2D eigenvalue weighted by molar-refractivity contribution is -0.138. The summed E-state index contributed by atoms with van der Waals surface area (Å²) in [6.07, 6.45) is 0. The second-order valence-corrected chi connectivity index (χ2v) is 8.27. The monoisotopic (exact) mass is 483 g/mol. The van der Waals surface area contributed by atoms with E-state index in [1.807, 2.05) is 93.6 Å². The lowest BCUT2D eigenvalue weighted by Crippen LogP contribution is -2.29. The van der Waals surface area contributed by atoms with Gasteiger partial charge in [0.15, 0.2) is 11.5 Å². The summed E-state index contributed by atoms with van der Waals surface area (Å²) in [7, 11) is 0. The van der Waals surface area contributed by atoms with Crippen molar-refractivity contribution in [3.8, 4) is 11.5 Å². The van der Waals surface area contributed by atoms with E-state index in [2.05, 4.69) is 9.88 Å². The lowest BCUT2D eigenvalue weighted by atomic mass is 9.92. The van der Waals surface area contributed by atoms with E-state index in [4.69, 9.17) is 19.2 Å². The van der Waals surface area contributed by atoms with Gasteiger partial charge in [-0.15, -0.1) is 0 Å².